The maximum atomic E-state index is 10.7. The fourth-order valence-corrected chi connectivity index (χ4v) is 2.07. The number of aromatic nitrogens is 2. The zero-order valence-corrected chi connectivity index (χ0v) is 11.4. The average molecular weight is 275 g/mol. The normalized spacial score (nSPS) is 12.2. The van der Waals surface area contributed by atoms with Crippen LogP contribution in [0.3, 0.4) is 0 Å². The van der Waals surface area contributed by atoms with Gasteiger partial charge in [0.15, 0.2) is 0 Å². The Morgan fingerprint density at radius 2 is 2.10 bits per heavy atom. The first kappa shape index (κ1) is 14.1. The molecule has 1 heterocycles. The molecule has 0 aliphatic carbocycles. The zero-order valence-electron chi connectivity index (χ0n) is 11.4. The Labute approximate surface area is 116 Å². The van der Waals surface area contributed by atoms with Gasteiger partial charge in [0.05, 0.1) is 25.4 Å². The third-order valence-corrected chi connectivity index (χ3v) is 3.16. The van der Waals surface area contributed by atoms with Crippen molar-refractivity contribution in [2.75, 3.05) is 7.11 Å². The number of benzene rings is 1. The second-order valence-corrected chi connectivity index (χ2v) is 4.50. The molecule has 6 heteroatoms. The summed E-state index contributed by atoms with van der Waals surface area (Å²) in [5.74, 6) is -0.157. The van der Waals surface area contributed by atoms with E-state index in [-0.39, 0.29) is 6.42 Å². The molecule has 0 saturated heterocycles. The minimum absolute atomic E-state index is 0.116. The Hall–Kier alpha value is -2.34. The fraction of sp³-hybridized carbons (Fsp3) is 0.286. The largest absolute Gasteiger partial charge is 0.497 e. The summed E-state index contributed by atoms with van der Waals surface area (Å²) in [5, 5.41) is 13.1. The molecule has 20 heavy (non-hydrogen) atoms. The molecule has 0 spiro atoms. The van der Waals surface area contributed by atoms with E-state index >= 15 is 0 Å². The van der Waals surface area contributed by atoms with Crippen molar-refractivity contribution in [1.29, 1.82) is 0 Å². The molecule has 0 fully saturated rings. The predicted molar refractivity (Wildman–Crippen MR) is 74.0 cm³/mol. The monoisotopic (exact) mass is 275 g/mol. The molecular weight excluding hydrogens is 258 g/mol. The molecule has 2 aromatic rings. The lowest BCUT2D eigenvalue weighted by molar-refractivity contribution is -0.137. The van der Waals surface area contributed by atoms with Crippen LogP contribution in [0.4, 0.5) is 0 Å². The highest BCUT2D eigenvalue weighted by molar-refractivity contribution is 5.68. The molecule has 0 amide bonds. The summed E-state index contributed by atoms with van der Waals surface area (Å²) < 4.78 is 6.84. The van der Waals surface area contributed by atoms with Gasteiger partial charge in [0.25, 0.3) is 0 Å². The molecule has 0 bridgehead atoms. The number of hydrogen-bond donors (Lipinski definition) is 2. The Kier molecular flexibility index (Phi) is 4.05. The lowest BCUT2D eigenvalue weighted by atomic mass is 10.1. The summed E-state index contributed by atoms with van der Waals surface area (Å²) in [5.41, 5.74) is 8.33. The summed E-state index contributed by atoms with van der Waals surface area (Å²) in [6.45, 7) is 1.87. The first-order valence-electron chi connectivity index (χ1n) is 6.19. The maximum absolute atomic E-state index is 10.7. The van der Waals surface area contributed by atoms with Crippen LogP contribution < -0.4 is 10.5 Å². The van der Waals surface area contributed by atoms with Crippen LogP contribution in [-0.2, 0) is 4.79 Å². The first-order valence-corrected chi connectivity index (χ1v) is 6.19. The second kappa shape index (κ2) is 5.75. The van der Waals surface area contributed by atoms with Gasteiger partial charge in [-0.15, -0.1) is 0 Å². The Morgan fingerprint density at radius 3 is 2.65 bits per heavy atom. The van der Waals surface area contributed by atoms with E-state index in [1.54, 1.807) is 18.0 Å². The predicted octanol–water partition coefficient (Wildman–Crippen LogP) is 1.66. The van der Waals surface area contributed by atoms with Crippen molar-refractivity contribution >= 4 is 5.97 Å². The van der Waals surface area contributed by atoms with Gasteiger partial charge in [0.1, 0.15) is 5.75 Å². The molecule has 0 aliphatic rings. The van der Waals surface area contributed by atoms with Crippen molar-refractivity contribution in [2.24, 2.45) is 5.73 Å². The summed E-state index contributed by atoms with van der Waals surface area (Å²) >= 11 is 0. The molecule has 2 rings (SSSR count). The molecule has 3 N–H and O–H groups in total. The maximum Gasteiger partial charge on any atom is 0.305 e. The molecule has 0 radical (unpaired) electrons. The highest BCUT2D eigenvalue weighted by Crippen LogP contribution is 2.22. The van der Waals surface area contributed by atoms with Crippen molar-refractivity contribution in [3.63, 3.8) is 0 Å². The van der Waals surface area contributed by atoms with Gasteiger partial charge >= 0.3 is 5.97 Å². The van der Waals surface area contributed by atoms with E-state index < -0.39 is 12.0 Å². The van der Waals surface area contributed by atoms with Crippen LogP contribution in [0.5, 0.6) is 5.75 Å². The highest BCUT2D eigenvalue weighted by Gasteiger charge is 2.17. The van der Waals surface area contributed by atoms with Crippen molar-refractivity contribution in [1.82, 2.24) is 9.78 Å². The number of nitrogens with two attached hydrogens (primary N) is 1. The number of carboxylic acids is 1. The number of aliphatic carboxylic acids is 1. The Morgan fingerprint density at radius 1 is 1.45 bits per heavy atom. The van der Waals surface area contributed by atoms with Crippen LogP contribution in [0.15, 0.2) is 30.5 Å². The number of hydrogen-bond acceptors (Lipinski definition) is 4. The van der Waals surface area contributed by atoms with E-state index in [9.17, 15) is 4.79 Å². The topological polar surface area (TPSA) is 90.4 Å². The van der Waals surface area contributed by atoms with Gasteiger partial charge in [-0.2, -0.15) is 5.10 Å². The summed E-state index contributed by atoms with van der Waals surface area (Å²) in [6.07, 6.45) is 1.50. The summed E-state index contributed by atoms with van der Waals surface area (Å²) in [7, 11) is 1.61. The first-order chi connectivity index (χ1) is 9.52. The van der Waals surface area contributed by atoms with Crippen LogP contribution in [0.2, 0.25) is 0 Å². The lowest BCUT2D eigenvalue weighted by Gasteiger charge is -2.10. The molecule has 1 aromatic heterocycles. The van der Waals surface area contributed by atoms with E-state index in [0.717, 1.165) is 22.7 Å². The Bertz CT molecular complexity index is 605. The number of ether oxygens (including phenoxy) is 1. The molecule has 1 aromatic carbocycles. The fourth-order valence-electron chi connectivity index (χ4n) is 2.07. The van der Waals surface area contributed by atoms with Crippen LogP contribution in [0.25, 0.3) is 5.69 Å². The number of methoxy groups -OCH3 is 1. The number of nitrogens with zero attached hydrogens (tertiary/aromatic N) is 2. The van der Waals surface area contributed by atoms with Crippen molar-refractivity contribution < 1.29 is 14.6 Å². The van der Waals surface area contributed by atoms with Gasteiger partial charge in [0.2, 0.25) is 0 Å². The molecule has 106 valence electrons. The van der Waals surface area contributed by atoms with Crippen LogP contribution in [0.1, 0.15) is 23.7 Å². The molecular formula is C14H17N3O3. The average Bonchev–Trinajstić information content (AvgIpc) is 2.80. The van der Waals surface area contributed by atoms with Crippen molar-refractivity contribution in [3.8, 4) is 11.4 Å². The minimum Gasteiger partial charge on any atom is -0.497 e. The van der Waals surface area contributed by atoms with Crippen molar-refractivity contribution in [3.05, 3.63) is 41.7 Å². The summed E-state index contributed by atoms with van der Waals surface area (Å²) in [4.78, 5) is 10.7. The molecule has 1 unspecified atom stereocenters. The standard InChI is InChI=1S/C14H17N3O3/c1-9-12(13(15)7-14(18)19)8-16-17(9)10-3-5-11(20-2)6-4-10/h3-6,8,13H,7,15H2,1-2H3,(H,18,19). The molecule has 6 nitrogen and oxygen atoms in total. The highest BCUT2D eigenvalue weighted by atomic mass is 16.5. The van der Waals surface area contributed by atoms with E-state index in [1.165, 1.54) is 0 Å². The third-order valence-electron chi connectivity index (χ3n) is 3.16. The van der Waals surface area contributed by atoms with E-state index in [1.807, 2.05) is 31.2 Å². The van der Waals surface area contributed by atoms with E-state index in [2.05, 4.69) is 5.10 Å². The zero-order chi connectivity index (χ0) is 14.7. The smallest absolute Gasteiger partial charge is 0.305 e. The van der Waals surface area contributed by atoms with Gasteiger partial charge in [-0.05, 0) is 31.2 Å². The quantitative estimate of drug-likeness (QED) is 0.866. The third kappa shape index (κ3) is 2.80. The van der Waals surface area contributed by atoms with Crippen molar-refractivity contribution in [2.45, 2.75) is 19.4 Å². The van der Waals surface area contributed by atoms with Crippen LogP contribution >= 0.6 is 0 Å². The molecule has 1 atom stereocenters. The van der Waals surface area contributed by atoms with E-state index in [0.29, 0.717) is 0 Å². The number of carbonyl (C=O) groups is 1. The Balaban J connectivity index is 2.29. The molecule has 0 saturated carbocycles. The SMILES string of the molecule is COc1ccc(-n2ncc(C(N)CC(=O)O)c2C)cc1. The van der Waals surface area contributed by atoms with Gasteiger partial charge < -0.3 is 15.6 Å². The number of rotatable bonds is 5. The van der Waals surface area contributed by atoms with Gasteiger partial charge in [-0.25, -0.2) is 4.68 Å². The summed E-state index contributed by atoms with van der Waals surface area (Å²) in [6, 6.07) is 6.89. The molecule has 0 aliphatic heterocycles. The van der Waals surface area contributed by atoms with Gasteiger partial charge in [0, 0.05) is 17.3 Å². The minimum atomic E-state index is -0.922. The van der Waals surface area contributed by atoms with Gasteiger partial charge in [-0.3, -0.25) is 4.79 Å². The lowest BCUT2D eigenvalue weighted by Crippen LogP contribution is -2.15. The van der Waals surface area contributed by atoms with E-state index in [4.69, 9.17) is 15.6 Å². The van der Waals surface area contributed by atoms with Crippen LogP contribution in [0, 0.1) is 6.92 Å². The van der Waals surface area contributed by atoms with Crippen LogP contribution in [-0.4, -0.2) is 28.0 Å². The second-order valence-electron chi connectivity index (χ2n) is 4.50. The van der Waals surface area contributed by atoms with Gasteiger partial charge in [-0.1, -0.05) is 0 Å². The number of carboxylic acid groups (broad SMARTS) is 1.